The van der Waals surface area contributed by atoms with Gasteiger partial charge in [0.05, 0.1) is 16.9 Å². The van der Waals surface area contributed by atoms with E-state index in [-0.39, 0.29) is 11.5 Å². The van der Waals surface area contributed by atoms with E-state index in [0.29, 0.717) is 17.3 Å². The highest BCUT2D eigenvalue weighted by Crippen LogP contribution is 2.34. The lowest BCUT2D eigenvalue weighted by Gasteiger charge is -2.20. The van der Waals surface area contributed by atoms with Gasteiger partial charge in [0.1, 0.15) is 10.7 Å². The molecule has 5 rings (SSSR count). The first-order valence-electron chi connectivity index (χ1n) is 10.1. The van der Waals surface area contributed by atoms with E-state index in [1.807, 2.05) is 4.90 Å². The first kappa shape index (κ1) is 18.9. The van der Waals surface area contributed by atoms with Crippen LogP contribution in [0.15, 0.2) is 29.1 Å². The first-order chi connectivity index (χ1) is 14.2. The molecule has 1 amide bonds. The molecule has 1 aromatic carbocycles. The summed E-state index contributed by atoms with van der Waals surface area (Å²) < 4.78 is 0. The number of aromatic amines is 1. The Morgan fingerprint density at radius 2 is 1.90 bits per heavy atom. The van der Waals surface area contributed by atoms with E-state index in [2.05, 4.69) is 34.2 Å². The van der Waals surface area contributed by atoms with Gasteiger partial charge in [-0.3, -0.25) is 9.59 Å². The van der Waals surface area contributed by atoms with Crippen molar-refractivity contribution < 1.29 is 4.79 Å². The van der Waals surface area contributed by atoms with Crippen LogP contribution in [-0.2, 0) is 36.2 Å². The van der Waals surface area contributed by atoms with Crippen LogP contribution < -0.4 is 5.56 Å². The first-order valence-corrected chi connectivity index (χ1v) is 12.1. The maximum atomic E-state index is 12.7. The Labute approximate surface area is 177 Å². The van der Waals surface area contributed by atoms with Gasteiger partial charge in [-0.05, 0) is 48.8 Å². The van der Waals surface area contributed by atoms with Gasteiger partial charge in [-0.15, -0.1) is 23.1 Å². The number of fused-ring (bicyclic) bond motifs is 4. The number of H-pyrrole nitrogens is 1. The number of nitrogens with zero attached hydrogens (tertiary/aromatic N) is 2. The Balaban J connectivity index is 1.20. The van der Waals surface area contributed by atoms with Gasteiger partial charge in [-0.2, -0.15) is 0 Å². The number of aryl methyl sites for hydroxylation is 2. The molecule has 0 saturated heterocycles. The molecule has 2 aromatic heterocycles. The summed E-state index contributed by atoms with van der Waals surface area (Å²) in [6, 6.07) is 8.46. The molecule has 0 saturated carbocycles. The van der Waals surface area contributed by atoms with Gasteiger partial charge in [0.2, 0.25) is 5.91 Å². The summed E-state index contributed by atoms with van der Waals surface area (Å²) in [5, 5.41) is 0.788. The highest BCUT2D eigenvalue weighted by atomic mass is 32.2. The molecule has 1 N–H and O–H groups in total. The molecule has 1 aliphatic heterocycles. The Hall–Kier alpha value is -2.12. The number of nitrogens with one attached hydrogen (secondary N) is 1. The molecule has 0 radical (unpaired) electrons. The molecule has 5 nitrogen and oxygen atoms in total. The minimum atomic E-state index is -0.0263. The molecule has 2 aliphatic rings. The third kappa shape index (κ3) is 3.73. The van der Waals surface area contributed by atoms with E-state index in [4.69, 9.17) is 0 Å². The third-order valence-corrected chi connectivity index (χ3v) is 7.98. The van der Waals surface area contributed by atoms with Gasteiger partial charge in [0.25, 0.3) is 5.56 Å². The van der Waals surface area contributed by atoms with Crippen LogP contribution in [0, 0.1) is 0 Å². The lowest BCUT2D eigenvalue weighted by molar-refractivity contribution is -0.128. The average Bonchev–Trinajstić information content (AvgIpc) is 3.22. The molecule has 0 bridgehead atoms. The highest BCUT2D eigenvalue weighted by molar-refractivity contribution is 7.99. The molecule has 1 aliphatic carbocycles. The van der Waals surface area contributed by atoms with Crippen LogP contribution in [0.25, 0.3) is 10.2 Å². The second-order valence-corrected chi connectivity index (χ2v) is 9.76. The van der Waals surface area contributed by atoms with E-state index in [1.165, 1.54) is 33.3 Å². The van der Waals surface area contributed by atoms with E-state index < -0.39 is 0 Å². The standard InChI is InChI=1S/C22H23N3O2S2/c26-19(25-10-8-14-4-1-2-5-15(14)9-11-25)13-28-12-18-23-21(27)20-16-6-3-7-17(16)29-22(20)24-18/h1-2,4-5H,3,6-13H2,(H,23,24,27). The molecule has 3 heterocycles. The highest BCUT2D eigenvalue weighted by Gasteiger charge is 2.21. The summed E-state index contributed by atoms with van der Waals surface area (Å²) in [6.45, 7) is 1.55. The van der Waals surface area contributed by atoms with Crippen LogP contribution in [0.2, 0.25) is 0 Å². The molecular weight excluding hydrogens is 402 g/mol. The summed E-state index contributed by atoms with van der Waals surface area (Å²) in [6.07, 6.45) is 5.02. The van der Waals surface area contributed by atoms with Gasteiger partial charge in [0, 0.05) is 18.0 Å². The van der Waals surface area contributed by atoms with Crippen molar-refractivity contribution in [1.29, 1.82) is 0 Å². The second-order valence-electron chi connectivity index (χ2n) is 7.69. The molecule has 0 spiro atoms. The zero-order valence-corrected chi connectivity index (χ0v) is 17.8. The van der Waals surface area contributed by atoms with Crippen molar-refractivity contribution in [3.05, 3.63) is 62.0 Å². The summed E-state index contributed by atoms with van der Waals surface area (Å²) in [5.41, 5.74) is 3.89. The van der Waals surface area contributed by atoms with E-state index in [9.17, 15) is 9.59 Å². The normalized spacial score (nSPS) is 15.9. The molecular formula is C22H23N3O2S2. The molecule has 0 atom stereocenters. The van der Waals surface area contributed by atoms with Crippen LogP contribution in [0.4, 0.5) is 0 Å². The van der Waals surface area contributed by atoms with Crippen LogP contribution in [0.1, 0.15) is 33.8 Å². The van der Waals surface area contributed by atoms with Crippen molar-refractivity contribution in [2.24, 2.45) is 0 Å². The molecule has 0 fully saturated rings. The number of thioether (sulfide) groups is 1. The van der Waals surface area contributed by atoms with Crippen LogP contribution in [-0.4, -0.2) is 39.6 Å². The maximum Gasteiger partial charge on any atom is 0.259 e. The minimum absolute atomic E-state index is 0.0263. The summed E-state index contributed by atoms with van der Waals surface area (Å²) >= 11 is 3.19. The Kier molecular flexibility index (Phi) is 5.18. The Morgan fingerprint density at radius 1 is 1.14 bits per heavy atom. The number of carbonyl (C=O) groups is 1. The topological polar surface area (TPSA) is 66.1 Å². The lowest BCUT2D eigenvalue weighted by Crippen LogP contribution is -2.34. The lowest BCUT2D eigenvalue weighted by atomic mass is 10.0. The number of carbonyl (C=O) groups excluding carboxylic acids is 1. The zero-order valence-electron chi connectivity index (χ0n) is 16.2. The monoisotopic (exact) mass is 425 g/mol. The fourth-order valence-corrected chi connectivity index (χ4v) is 6.43. The number of amides is 1. The Morgan fingerprint density at radius 3 is 2.66 bits per heavy atom. The molecule has 150 valence electrons. The predicted molar refractivity (Wildman–Crippen MR) is 119 cm³/mol. The van der Waals surface area contributed by atoms with Crippen LogP contribution in [0.3, 0.4) is 0 Å². The molecule has 3 aromatic rings. The second kappa shape index (κ2) is 7.95. The smallest absolute Gasteiger partial charge is 0.259 e. The fraction of sp³-hybridized carbons (Fsp3) is 0.409. The third-order valence-electron chi connectivity index (χ3n) is 5.86. The molecule has 0 unspecified atom stereocenters. The summed E-state index contributed by atoms with van der Waals surface area (Å²) in [4.78, 5) is 37.0. The van der Waals surface area contributed by atoms with E-state index in [1.54, 1.807) is 11.3 Å². The Bertz CT molecular complexity index is 1110. The van der Waals surface area contributed by atoms with Gasteiger partial charge in [-0.1, -0.05) is 24.3 Å². The van der Waals surface area contributed by atoms with Gasteiger partial charge in [0.15, 0.2) is 0 Å². The van der Waals surface area contributed by atoms with E-state index in [0.717, 1.165) is 55.4 Å². The molecule has 7 heteroatoms. The SMILES string of the molecule is O=C(CSCc1nc2sc3c(c2c(=O)[nH]1)CCC3)N1CCc2ccccc2CC1. The largest absolute Gasteiger partial charge is 0.341 e. The minimum Gasteiger partial charge on any atom is -0.341 e. The molecule has 29 heavy (non-hydrogen) atoms. The van der Waals surface area contributed by atoms with E-state index >= 15 is 0 Å². The van der Waals surface area contributed by atoms with Crippen molar-refractivity contribution in [1.82, 2.24) is 14.9 Å². The number of aromatic nitrogens is 2. The fourth-order valence-electron chi connectivity index (χ4n) is 4.36. The number of rotatable bonds is 4. The van der Waals surface area contributed by atoms with Crippen LogP contribution >= 0.6 is 23.1 Å². The van der Waals surface area contributed by atoms with Crippen molar-refractivity contribution in [3.8, 4) is 0 Å². The predicted octanol–water partition coefficient (Wildman–Crippen LogP) is 3.33. The van der Waals surface area contributed by atoms with Gasteiger partial charge in [-0.25, -0.2) is 4.98 Å². The quantitative estimate of drug-likeness (QED) is 0.696. The summed E-state index contributed by atoms with van der Waals surface area (Å²) in [5.74, 6) is 1.80. The number of benzene rings is 1. The van der Waals surface area contributed by atoms with Gasteiger partial charge < -0.3 is 9.88 Å². The van der Waals surface area contributed by atoms with Crippen molar-refractivity contribution in [2.75, 3.05) is 18.8 Å². The average molecular weight is 426 g/mol. The van der Waals surface area contributed by atoms with Crippen LogP contribution in [0.5, 0.6) is 0 Å². The number of thiophene rings is 1. The van der Waals surface area contributed by atoms with Crippen molar-refractivity contribution in [2.45, 2.75) is 37.9 Å². The van der Waals surface area contributed by atoms with Crippen molar-refractivity contribution in [3.63, 3.8) is 0 Å². The van der Waals surface area contributed by atoms with Gasteiger partial charge >= 0.3 is 0 Å². The zero-order chi connectivity index (χ0) is 19.8. The maximum absolute atomic E-state index is 12.7. The summed E-state index contributed by atoms with van der Waals surface area (Å²) in [7, 11) is 0. The number of hydrogen-bond acceptors (Lipinski definition) is 5. The number of hydrogen-bond donors (Lipinski definition) is 1. The van der Waals surface area contributed by atoms with Crippen molar-refractivity contribution >= 4 is 39.2 Å².